The zero-order valence-corrected chi connectivity index (χ0v) is 23.5. The summed E-state index contributed by atoms with van der Waals surface area (Å²) >= 11 is 1.66. The minimum Gasteiger partial charge on any atom is -0.480 e. The minimum absolute atomic E-state index is 0.0497. The molecule has 2 aliphatic heterocycles. The molecule has 0 aromatic heterocycles. The topological polar surface area (TPSA) is 108 Å². The van der Waals surface area contributed by atoms with E-state index in [4.69, 9.17) is 10.2 Å². The van der Waals surface area contributed by atoms with Gasteiger partial charge in [-0.1, -0.05) is 44.6 Å². The van der Waals surface area contributed by atoms with Gasteiger partial charge in [-0.15, -0.1) is 11.8 Å². The van der Waals surface area contributed by atoms with Crippen LogP contribution in [-0.2, 0) is 9.22 Å². The van der Waals surface area contributed by atoms with Crippen LogP contribution in [-0.4, -0.2) is 66.2 Å². The van der Waals surface area contributed by atoms with Crippen molar-refractivity contribution in [1.29, 1.82) is 0 Å². The number of nitrogens with zero attached hydrogens (tertiary/aromatic N) is 1. The summed E-state index contributed by atoms with van der Waals surface area (Å²) in [6.07, 6.45) is 9.59. The van der Waals surface area contributed by atoms with E-state index in [-0.39, 0.29) is 16.5 Å². The first kappa shape index (κ1) is 29.1. The van der Waals surface area contributed by atoms with E-state index >= 15 is 0 Å². The van der Waals surface area contributed by atoms with Gasteiger partial charge in [0.2, 0.25) is 0 Å². The Morgan fingerprint density at radius 1 is 1.44 bits per heavy atom. The quantitative estimate of drug-likeness (QED) is 0.226. The normalized spacial score (nSPS) is 24.4. The molecule has 194 valence electrons. The van der Waals surface area contributed by atoms with Gasteiger partial charge in [-0.3, -0.25) is 9.69 Å². The third-order valence-corrected chi connectivity index (χ3v) is 12.6. The van der Waals surface area contributed by atoms with Crippen molar-refractivity contribution in [2.45, 2.75) is 102 Å². The third-order valence-electron chi connectivity index (χ3n) is 7.03. The number of hydrogen-bond donors (Lipinski definition) is 4. The molecule has 5 N–H and O–H groups in total. The molecule has 1 fully saturated rings. The Morgan fingerprint density at radius 2 is 2.15 bits per heavy atom. The lowest BCUT2D eigenvalue weighted by Gasteiger charge is -2.39. The lowest BCUT2D eigenvalue weighted by molar-refractivity contribution is -0.145. The van der Waals surface area contributed by atoms with Gasteiger partial charge >= 0.3 is 5.97 Å². The van der Waals surface area contributed by atoms with Crippen LogP contribution in [0, 0.1) is 0 Å². The molecule has 1 unspecified atom stereocenters. The van der Waals surface area contributed by atoms with Crippen molar-refractivity contribution >= 4 is 26.0 Å². The average molecular weight is 512 g/mol. The molecule has 0 aromatic carbocycles. The van der Waals surface area contributed by atoms with Gasteiger partial charge in [-0.25, -0.2) is 0 Å². The molecule has 2 heterocycles. The van der Waals surface area contributed by atoms with Crippen LogP contribution >= 0.6 is 11.8 Å². The summed E-state index contributed by atoms with van der Waals surface area (Å²) in [5.74, 6) is -0.864. The van der Waals surface area contributed by atoms with Gasteiger partial charge in [0, 0.05) is 13.1 Å². The van der Waals surface area contributed by atoms with Crippen LogP contribution in [0.4, 0.5) is 0 Å². The van der Waals surface area contributed by atoms with Crippen molar-refractivity contribution in [2.24, 2.45) is 5.73 Å². The Hall–Kier alpha value is -1.10. The van der Waals surface area contributed by atoms with Gasteiger partial charge < -0.3 is 25.7 Å². The van der Waals surface area contributed by atoms with Crippen LogP contribution in [0.15, 0.2) is 34.9 Å². The summed E-state index contributed by atoms with van der Waals surface area (Å²) in [6.45, 7) is 14.6. The van der Waals surface area contributed by atoms with Crippen LogP contribution in [0.5, 0.6) is 0 Å². The maximum atomic E-state index is 11.5. The second kappa shape index (κ2) is 12.7. The summed E-state index contributed by atoms with van der Waals surface area (Å²) in [4.78, 5) is 13.2. The van der Waals surface area contributed by atoms with E-state index in [9.17, 15) is 15.0 Å². The molecule has 0 aromatic rings. The van der Waals surface area contributed by atoms with Crippen molar-refractivity contribution < 1.29 is 19.4 Å². The fourth-order valence-electron chi connectivity index (χ4n) is 4.05. The number of allylic oxidation sites excluding steroid dienone is 2. The van der Waals surface area contributed by atoms with Crippen LogP contribution < -0.4 is 11.1 Å². The molecule has 0 aliphatic carbocycles. The Balaban J connectivity index is 1.92. The lowest BCUT2D eigenvalue weighted by atomic mass is 10.1. The molecule has 9 heteroatoms. The van der Waals surface area contributed by atoms with Gasteiger partial charge in [-0.2, -0.15) is 0 Å². The van der Waals surface area contributed by atoms with E-state index < -0.39 is 26.6 Å². The average Bonchev–Trinajstić information content (AvgIpc) is 3.40. The Morgan fingerprint density at radius 3 is 2.76 bits per heavy atom. The zero-order chi connectivity index (χ0) is 25.5. The van der Waals surface area contributed by atoms with E-state index in [0.717, 1.165) is 31.3 Å². The number of nitrogens with two attached hydrogens (primary N) is 1. The Labute approximate surface area is 211 Å². The number of thioether (sulfide) groups is 1. The number of likely N-dealkylation sites (tertiary alicyclic amines) is 1. The molecule has 0 amide bonds. The fourth-order valence-corrected chi connectivity index (χ4v) is 6.35. The van der Waals surface area contributed by atoms with Crippen molar-refractivity contribution in [2.75, 3.05) is 13.1 Å². The number of carbonyl (C=O) groups is 1. The summed E-state index contributed by atoms with van der Waals surface area (Å²) in [6, 6.07) is -0.613. The largest absolute Gasteiger partial charge is 0.480 e. The highest BCUT2D eigenvalue weighted by atomic mass is 32.2. The van der Waals surface area contributed by atoms with E-state index in [0.29, 0.717) is 25.2 Å². The number of hydrogen-bond acceptors (Lipinski definition) is 7. The molecular weight excluding hydrogens is 466 g/mol. The Bertz CT molecular complexity index is 779. The summed E-state index contributed by atoms with van der Waals surface area (Å²) in [5.41, 5.74) is 7.48. The predicted octanol–water partition coefficient (Wildman–Crippen LogP) is 4.38. The molecule has 2 aliphatic rings. The summed E-state index contributed by atoms with van der Waals surface area (Å²) < 4.78 is 6.73. The second-order valence-corrected chi connectivity index (χ2v) is 16.7. The number of nitrogens with one attached hydrogen (secondary N) is 1. The number of rotatable bonds is 12. The van der Waals surface area contributed by atoms with Gasteiger partial charge in [0.05, 0.1) is 17.2 Å². The molecule has 0 saturated carbocycles. The first-order valence-electron chi connectivity index (χ1n) is 12.4. The number of carboxylic acid groups (broad SMARTS) is 1. The first-order valence-corrected chi connectivity index (χ1v) is 16.2. The van der Waals surface area contributed by atoms with Crippen molar-refractivity contribution in [1.82, 2.24) is 10.2 Å². The molecule has 34 heavy (non-hydrogen) atoms. The predicted molar refractivity (Wildman–Crippen MR) is 144 cm³/mol. The molecule has 1 saturated heterocycles. The molecule has 0 bridgehead atoms. The molecule has 0 spiro atoms. The van der Waals surface area contributed by atoms with Crippen LogP contribution in [0.2, 0.25) is 18.1 Å². The maximum Gasteiger partial charge on any atom is 0.321 e. The highest BCUT2D eigenvalue weighted by molar-refractivity contribution is 8.02. The maximum absolute atomic E-state index is 11.5. The lowest BCUT2D eigenvalue weighted by Crippen LogP contribution is -2.46. The first-order chi connectivity index (χ1) is 15.9. The summed E-state index contributed by atoms with van der Waals surface area (Å²) in [7, 11) is -1.92. The number of aliphatic hydroxyl groups is 1. The highest BCUT2D eigenvalue weighted by Gasteiger charge is 2.39. The zero-order valence-electron chi connectivity index (χ0n) is 21.7. The molecule has 4 atom stereocenters. The third kappa shape index (κ3) is 8.24. The van der Waals surface area contributed by atoms with Crippen molar-refractivity contribution in [3.8, 4) is 0 Å². The minimum atomic E-state index is -1.92. The molecule has 2 rings (SSSR count). The summed E-state index contributed by atoms with van der Waals surface area (Å²) in [5, 5.41) is 25.8. The molecule has 7 nitrogen and oxygen atoms in total. The van der Waals surface area contributed by atoms with E-state index in [1.807, 2.05) is 11.5 Å². The number of aliphatic carboxylic acids is 1. The standard InChI is InChI=1S/C25H45N3O4SSi/c1-18(10-8-14-26)16-19(32-34(5,6)25(2,3)4)11-7-13-22-27-20(17-33-22)23(29)28-15-9-12-21(28)24(30)31/h8,10,16-17,19,21-23,27,29H,7,9,11-15,26H2,1-6H3,(H,30,31)/b10-8+,18-16+/t19-,21+,22?,23-/m0/s1. The highest BCUT2D eigenvalue weighted by Crippen LogP contribution is 2.38. The van der Waals surface area contributed by atoms with Crippen molar-refractivity contribution in [3.63, 3.8) is 0 Å². The SMILES string of the molecule is CC(/C=C/CN)=C\[C@H](CCCC1NC([C@H](O)N2CCC[C@@H]2C(=O)O)=CS1)O[Si](C)(C)C(C)(C)C. The monoisotopic (exact) mass is 511 g/mol. The van der Waals surface area contributed by atoms with Crippen molar-refractivity contribution in [3.05, 3.63) is 34.9 Å². The molecule has 0 radical (unpaired) electrons. The fraction of sp³-hybridized carbons (Fsp3) is 0.720. The number of aliphatic hydroxyl groups excluding tert-OH is 1. The second-order valence-electron chi connectivity index (χ2n) is 10.8. The van der Waals surface area contributed by atoms with Crippen LogP contribution in [0.3, 0.4) is 0 Å². The van der Waals surface area contributed by atoms with Gasteiger partial charge in [0.15, 0.2) is 8.32 Å². The van der Waals surface area contributed by atoms with Crippen LogP contribution in [0.25, 0.3) is 0 Å². The Kier molecular flexibility index (Phi) is 10.9. The van der Waals surface area contributed by atoms with Gasteiger partial charge in [0.25, 0.3) is 0 Å². The number of carboxylic acids is 1. The van der Waals surface area contributed by atoms with E-state index in [1.54, 1.807) is 16.7 Å². The van der Waals surface area contributed by atoms with Crippen LogP contribution in [0.1, 0.15) is 59.8 Å². The van der Waals surface area contributed by atoms with Gasteiger partial charge in [0.1, 0.15) is 12.3 Å². The van der Waals surface area contributed by atoms with Gasteiger partial charge in [-0.05, 0) is 62.6 Å². The van der Waals surface area contributed by atoms with E-state index in [1.165, 1.54) is 0 Å². The van der Waals surface area contributed by atoms with E-state index in [2.05, 4.69) is 58.3 Å². The molecular formula is C25H45N3O4SSi. The smallest absolute Gasteiger partial charge is 0.321 e.